The van der Waals surface area contributed by atoms with Crippen molar-refractivity contribution in [3.63, 3.8) is 0 Å². The van der Waals surface area contributed by atoms with Crippen LogP contribution in [0.2, 0.25) is 0 Å². The molecule has 5 heteroatoms. The van der Waals surface area contributed by atoms with Gasteiger partial charge in [-0.25, -0.2) is 4.57 Å². The molecule has 0 heterocycles. The van der Waals surface area contributed by atoms with Crippen LogP contribution in [0.1, 0.15) is 85.0 Å². The predicted molar refractivity (Wildman–Crippen MR) is 95.2 cm³/mol. The van der Waals surface area contributed by atoms with Gasteiger partial charge in [0.05, 0.1) is 13.2 Å². The Morgan fingerprint density at radius 1 is 0.714 bits per heavy atom. The van der Waals surface area contributed by atoms with E-state index in [1.807, 2.05) is 0 Å². The minimum Gasteiger partial charge on any atom is -0.301 e. The van der Waals surface area contributed by atoms with Gasteiger partial charge in [-0.2, -0.15) is 0 Å². The highest BCUT2D eigenvalue weighted by molar-refractivity contribution is 8.55. The molecule has 0 aromatic rings. The van der Waals surface area contributed by atoms with E-state index in [1.54, 1.807) is 0 Å². The smallest absolute Gasteiger partial charge is 0.301 e. The van der Waals surface area contributed by atoms with Gasteiger partial charge in [0, 0.05) is 5.75 Å². The van der Waals surface area contributed by atoms with Gasteiger partial charge >= 0.3 is 6.80 Å². The summed E-state index contributed by atoms with van der Waals surface area (Å²) in [6.07, 6.45) is 11.3. The minimum absolute atomic E-state index is 0.561. The van der Waals surface area contributed by atoms with Crippen LogP contribution in [0.5, 0.6) is 0 Å². The first-order chi connectivity index (χ1) is 10.2. The summed E-state index contributed by atoms with van der Waals surface area (Å²) in [7, 11) is 0. The normalized spacial score (nSPS) is 12.0. The molecule has 0 saturated carbocycles. The molecule has 0 aromatic carbocycles. The third-order valence-corrected chi connectivity index (χ3v) is 7.16. The van der Waals surface area contributed by atoms with E-state index in [-0.39, 0.29) is 0 Å². The summed E-state index contributed by atoms with van der Waals surface area (Å²) in [5, 5.41) is 0. The molecule has 0 aliphatic rings. The first-order valence-electron chi connectivity index (χ1n) is 8.72. The van der Waals surface area contributed by atoms with Crippen molar-refractivity contribution in [2.75, 3.05) is 19.0 Å². The van der Waals surface area contributed by atoms with Gasteiger partial charge in [-0.3, -0.25) is 0 Å². The Bertz CT molecular complexity index is 244. The number of hydrogen-bond acceptors (Lipinski definition) is 4. The van der Waals surface area contributed by atoms with E-state index >= 15 is 0 Å². The van der Waals surface area contributed by atoms with E-state index in [0.29, 0.717) is 13.2 Å². The van der Waals surface area contributed by atoms with Crippen LogP contribution in [-0.4, -0.2) is 19.0 Å². The second kappa shape index (κ2) is 15.4. The molecule has 0 bridgehead atoms. The lowest BCUT2D eigenvalue weighted by Gasteiger charge is -2.17. The average molecular weight is 338 g/mol. The summed E-state index contributed by atoms with van der Waals surface area (Å²) in [6.45, 7) is 4.71. The molecule has 0 aliphatic carbocycles. The zero-order valence-electron chi connectivity index (χ0n) is 14.3. The van der Waals surface area contributed by atoms with Gasteiger partial charge in [0.2, 0.25) is 0 Å². The summed E-state index contributed by atoms with van der Waals surface area (Å²) in [5.41, 5.74) is 0. The minimum atomic E-state index is -2.93. The first-order valence-corrected chi connectivity index (χ1v) is 11.9. The number of hydrogen-bond donors (Lipinski definition) is 0. The van der Waals surface area contributed by atoms with Gasteiger partial charge in [0.15, 0.2) is 0 Å². The molecule has 0 rings (SSSR count). The molecule has 0 fully saturated rings. The highest BCUT2D eigenvalue weighted by atomic mass is 32.7. The standard InChI is InChI=1S/C16H35O3PS/c1-4-7-10-12-14-18-20(17,21-16-9-6-3)19-15-13-11-8-5-2/h4-16H2,1-3H3. The van der Waals surface area contributed by atoms with Crippen molar-refractivity contribution in [3.05, 3.63) is 0 Å². The highest BCUT2D eigenvalue weighted by Gasteiger charge is 2.24. The molecule has 3 nitrogen and oxygen atoms in total. The fourth-order valence-electron chi connectivity index (χ4n) is 1.84. The van der Waals surface area contributed by atoms with Crippen molar-refractivity contribution < 1.29 is 13.6 Å². The summed E-state index contributed by atoms with van der Waals surface area (Å²) < 4.78 is 23.9. The molecule has 21 heavy (non-hydrogen) atoms. The molecule has 128 valence electrons. The topological polar surface area (TPSA) is 35.5 Å². The van der Waals surface area contributed by atoms with E-state index in [9.17, 15) is 4.57 Å². The van der Waals surface area contributed by atoms with Gasteiger partial charge < -0.3 is 9.05 Å². The van der Waals surface area contributed by atoms with Crippen molar-refractivity contribution >= 4 is 18.2 Å². The van der Waals surface area contributed by atoms with Crippen molar-refractivity contribution in [1.29, 1.82) is 0 Å². The van der Waals surface area contributed by atoms with E-state index in [0.717, 1.165) is 44.3 Å². The second-order valence-electron chi connectivity index (χ2n) is 5.42. The van der Waals surface area contributed by atoms with Crippen LogP contribution >= 0.6 is 18.2 Å². The van der Waals surface area contributed by atoms with Crippen molar-refractivity contribution in [2.24, 2.45) is 0 Å². The summed E-state index contributed by atoms with van der Waals surface area (Å²) in [6, 6.07) is 0. The zero-order valence-corrected chi connectivity index (χ0v) is 16.0. The third-order valence-electron chi connectivity index (χ3n) is 3.24. The molecule has 0 saturated heterocycles. The monoisotopic (exact) mass is 338 g/mol. The quantitative estimate of drug-likeness (QED) is 0.228. The maximum atomic E-state index is 12.7. The Morgan fingerprint density at radius 3 is 1.62 bits per heavy atom. The highest BCUT2D eigenvalue weighted by Crippen LogP contribution is 2.61. The molecule has 0 aromatic heterocycles. The van der Waals surface area contributed by atoms with E-state index in [2.05, 4.69) is 20.8 Å². The van der Waals surface area contributed by atoms with Crippen LogP contribution in [0.3, 0.4) is 0 Å². The van der Waals surface area contributed by atoms with Crippen molar-refractivity contribution in [1.82, 2.24) is 0 Å². The fourth-order valence-corrected chi connectivity index (χ4v) is 5.37. The Labute approximate surface area is 136 Å². The fraction of sp³-hybridized carbons (Fsp3) is 1.00. The summed E-state index contributed by atoms with van der Waals surface area (Å²) >= 11 is 1.39. The molecule has 0 radical (unpaired) electrons. The Hall–Kier alpha value is 0.500. The predicted octanol–water partition coefficient (Wildman–Crippen LogP) is 6.82. The lowest BCUT2D eigenvalue weighted by atomic mass is 10.2. The van der Waals surface area contributed by atoms with Crippen LogP contribution in [0, 0.1) is 0 Å². The first kappa shape index (κ1) is 21.5. The molecule has 0 atom stereocenters. The molecule has 0 unspecified atom stereocenters. The van der Waals surface area contributed by atoms with Crippen LogP contribution in [0.4, 0.5) is 0 Å². The van der Waals surface area contributed by atoms with Gasteiger partial charge in [-0.15, -0.1) is 0 Å². The van der Waals surface area contributed by atoms with E-state index < -0.39 is 6.80 Å². The van der Waals surface area contributed by atoms with Gasteiger partial charge in [0.1, 0.15) is 0 Å². The van der Waals surface area contributed by atoms with Crippen molar-refractivity contribution in [2.45, 2.75) is 85.0 Å². The van der Waals surface area contributed by atoms with E-state index in [4.69, 9.17) is 9.05 Å². The largest absolute Gasteiger partial charge is 0.389 e. The van der Waals surface area contributed by atoms with E-state index in [1.165, 1.54) is 37.1 Å². The van der Waals surface area contributed by atoms with Crippen LogP contribution < -0.4 is 0 Å². The lowest BCUT2D eigenvalue weighted by Crippen LogP contribution is -1.98. The Balaban J connectivity index is 3.98. The molecular weight excluding hydrogens is 303 g/mol. The Kier molecular flexibility index (Phi) is 15.8. The zero-order chi connectivity index (χ0) is 15.8. The van der Waals surface area contributed by atoms with Crippen LogP contribution in [-0.2, 0) is 13.6 Å². The molecule has 0 spiro atoms. The maximum absolute atomic E-state index is 12.7. The van der Waals surface area contributed by atoms with Crippen molar-refractivity contribution in [3.8, 4) is 0 Å². The van der Waals surface area contributed by atoms with Crippen LogP contribution in [0.25, 0.3) is 0 Å². The number of rotatable bonds is 16. The molecule has 0 aliphatic heterocycles. The van der Waals surface area contributed by atoms with Gasteiger partial charge in [0.25, 0.3) is 0 Å². The van der Waals surface area contributed by atoms with Gasteiger partial charge in [-0.1, -0.05) is 65.7 Å². The number of unbranched alkanes of at least 4 members (excludes halogenated alkanes) is 7. The SMILES string of the molecule is CCCCCCOP(=O)(OCCCCCC)SCCCC. The average Bonchev–Trinajstić information content (AvgIpc) is 2.47. The molecule has 0 N–H and O–H groups in total. The Morgan fingerprint density at radius 2 is 1.19 bits per heavy atom. The van der Waals surface area contributed by atoms with Gasteiger partial charge in [-0.05, 0) is 30.6 Å². The maximum Gasteiger partial charge on any atom is 0.389 e. The lowest BCUT2D eigenvalue weighted by molar-refractivity contribution is 0.212. The van der Waals surface area contributed by atoms with Crippen LogP contribution in [0.15, 0.2) is 0 Å². The third kappa shape index (κ3) is 13.9. The molecule has 0 amide bonds. The summed E-state index contributed by atoms with van der Waals surface area (Å²) in [4.78, 5) is 0. The second-order valence-corrected chi connectivity index (χ2v) is 9.62. The summed E-state index contributed by atoms with van der Waals surface area (Å²) in [5.74, 6) is 0.859. The molecular formula is C16H35O3PS.